The predicted molar refractivity (Wildman–Crippen MR) is 72.3 cm³/mol. The van der Waals surface area contributed by atoms with E-state index in [-0.39, 0.29) is 23.8 Å². The Kier molecular flexibility index (Phi) is 3.98. The van der Waals surface area contributed by atoms with Crippen molar-refractivity contribution in [3.63, 3.8) is 0 Å². The van der Waals surface area contributed by atoms with Crippen LogP contribution in [0.15, 0.2) is 24.3 Å². The first-order valence-corrected chi connectivity index (χ1v) is 6.19. The number of halogens is 1. The van der Waals surface area contributed by atoms with Crippen molar-refractivity contribution in [2.45, 2.75) is 13.8 Å². The summed E-state index contributed by atoms with van der Waals surface area (Å²) in [6.07, 6.45) is 0.633. The standard InChI is InChI=1S/C15H14FNO3/c1-3-20-15(19)14-9(2)13(12(8-18)17-14)10-4-6-11(16)7-5-10/h4-8,17H,3H2,1-2H3. The molecule has 0 aliphatic rings. The van der Waals surface area contributed by atoms with Crippen LogP contribution in [0.4, 0.5) is 4.39 Å². The topological polar surface area (TPSA) is 59.2 Å². The number of ether oxygens (including phenoxy) is 1. The first-order chi connectivity index (χ1) is 9.58. The lowest BCUT2D eigenvalue weighted by Crippen LogP contribution is -2.06. The molecule has 0 unspecified atom stereocenters. The maximum atomic E-state index is 13.0. The van der Waals surface area contributed by atoms with Crippen LogP contribution in [0.2, 0.25) is 0 Å². The zero-order valence-electron chi connectivity index (χ0n) is 11.2. The third-order valence-corrected chi connectivity index (χ3v) is 3.01. The Bertz CT molecular complexity index is 644. The Morgan fingerprint density at radius 2 is 2.00 bits per heavy atom. The molecular formula is C15H14FNO3. The molecule has 0 bridgehead atoms. The number of carbonyl (C=O) groups is 2. The molecule has 20 heavy (non-hydrogen) atoms. The van der Waals surface area contributed by atoms with Crippen LogP contribution < -0.4 is 0 Å². The van der Waals surface area contributed by atoms with E-state index in [1.807, 2.05) is 0 Å². The van der Waals surface area contributed by atoms with Gasteiger partial charge in [-0.3, -0.25) is 4.79 Å². The minimum atomic E-state index is -0.513. The summed E-state index contributed by atoms with van der Waals surface area (Å²) in [5, 5.41) is 0. The van der Waals surface area contributed by atoms with Gasteiger partial charge in [0.1, 0.15) is 11.5 Å². The van der Waals surface area contributed by atoms with Crippen molar-refractivity contribution in [2.24, 2.45) is 0 Å². The fourth-order valence-electron chi connectivity index (χ4n) is 2.10. The largest absolute Gasteiger partial charge is 0.461 e. The maximum absolute atomic E-state index is 13.0. The van der Waals surface area contributed by atoms with Crippen LogP contribution in [0.25, 0.3) is 11.1 Å². The molecule has 1 heterocycles. The highest BCUT2D eigenvalue weighted by atomic mass is 19.1. The van der Waals surface area contributed by atoms with Gasteiger partial charge < -0.3 is 9.72 Å². The van der Waals surface area contributed by atoms with Crippen LogP contribution in [0.3, 0.4) is 0 Å². The number of aldehydes is 1. The molecule has 0 fully saturated rings. The lowest BCUT2D eigenvalue weighted by molar-refractivity contribution is 0.0519. The highest BCUT2D eigenvalue weighted by Crippen LogP contribution is 2.29. The number of nitrogens with one attached hydrogen (secondary N) is 1. The van der Waals surface area contributed by atoms with Crippen molar-refractivity contribution in [1.29, 1.82) is 0 Å². The summed E-state index contributed by atoms with van der Waals surface area (Å²) >= 11 is 0. The average molecular weight is 275 g/mol. The number of hydrogen-bond acceptors (Lipinski definition) is 3. The molecule has 0 saturated carbocycles. The molecule has 0 radical (unpaired) electrons. The van der Waals surface area contributed by atoms with Crippen molar-refractivity contribution in [1.82, 2.24) is 4.98 Å². The van der Waals surface area contributed by atoms with E-state index < -0.39 is 5.97 Å². The molecule has 1 N–H and O–H groups in total. The minimum absolute atomic E-state index is 0.244. The van der Waals surface area contributed by atoms with Gasteiger partial charge in [-0.25, -0.2) is 9.18 Å². The summed E-state index contributed by atoms with van der Waals surface area (Å²) in [5.74, 6) is -0.873. The molecule has 0 atom stereocenters. The number of rotatable bonds is 4. The summed E-state index contributed by atoms with van der Waals surface area (Å²) in [5.41, 5.74) is 2.38. The van der Waals surface area contributed by atoms with E-state index in [0.29, 0.717) is 23.0 Å². The second kappa shape index (κ2) is 5.69. The van der Waals surface area contributed by atoms with Gasteiger partial charge in [-0.15, -0.1) is 0 Å². The highest BCUT2D eigenvalue weighted by molar-refractivity contribution is 5.97. The van der Waals surface area contributed by atoms with Gasteiger partial charge in [0, 0.05) is 5.56 Å². The van der Waals surface area contributed by atoms with Crippen LogP contribution in [-0.4, -0.2) is 23.8 Å². The zero-order chi connectivity index (χ0) is 14.7. The molecule has 1 aromatic carbocycles. The summed E-state index contributed by atoms with van der Waals surface area (Å²) in [4.78, 5) is 25.7. The molecule has 1 aromatic heterocycles. The third kappa shape index (κ3) is 2.47. The first kappa shape index (κ1) is 14.0. The van der Waals surface area contributed by atoms with Crippen molar-refractivity contribution >= 4 is 12.3 Å². The van der Waals surface area contributed by atoms with Gasteiger partial charge in [0.25, 0.3) is 0 Å². The minimum Gasteiger partial charge on any atom is -0.461 e. The van der Waals surface area contributed by atoms with E-state index in [0.717, 1.165) is 0 Å². The molecule has 0 spiro atoms. The summed E-state index contributed by atoms with van der Waals surface area (Å²) in [7, 11) is 0. The van der Waals surface area contributed by atoms with E-state index >= 15 is 0 Å². The van der Waals surface area contributed by atoms with Gasteiger partial charge in [-0.1, -0.05) is 12.1 Å². The van der Waals surface area contributed by atoms with Gasteiger partial charge in [0.15, 0.2) is 6.29 Å². The lowest BCUT2D eigenvalue weighted by Gasteiger charge is -2.03. The Hall–Kier alpha value is -2.43. The fraction of sp³-hybridized carbons (Fsp3) is 0.200. The van der Waals surface area contributed by atoms with Crippen molar-refractivity contribution in [3.8, 4) is 11.1 Å². The molecule has 2 rings (SSSR count). The molecule has 2 aromatic rings. The number of aromatic amines is 1. The third-order valence-electron chi connectivity index (χ3n) is 3.01. The van der Waals surface area contributed by atoms with E-state index in [4.69, 9.17) is 4.74 Å². The SMILES string of the molecule is CCOC(=O)c1[nH]c(C=O)c(-c2ccc(F)cc2)c1C. The number of carbonyl (C=O) groups excluding carboxylic acids is 2. The second-order valence-corrected chi connectivity index (χ2v) is 4.26. The van der Waals surface area contributed by atoms with E-state index in [1.54, 1.807) is 26.0 Å². The number of H-pyrrole nitrogens is 1. The van der Waals surface area contributed by atoms with Gasteiger partial charge in [0.2, 0.25) is 0 Å². The fourth-order valence-corrected chi connectivity index (χ4v) is 2.10. The summed E-state index contributed by atoms with van der Waals surface area (Å²) in [6, 6.07) is 5.74. The van der Waals surface area contributed by atoms with Crippen LogP contribution in [0.1, 0.15) is 33.5 Å². The number of benzene rings is 1. The molecule has 4 nitrogen and oxygen atoms in total. The highest BCUT2D eigenvalue weighted by Gasteiger charge is 2.20. The van der Waals surface area contributed by atoms with Gasteiger partial charge in [0.05, 0.1) is 12.3 Å². The van der Waals surface area contributed by atoms with Crippen molar-refractivity contribution in [2.75, 3.05) is 6.61 Å². The van der Waals surface area contributed by atoms with Crippen LogP contribution >= 0.6 is 0 Å². The quantitative estimate of drug-likeness (QED) is 0.689. The Morgan fingerprint density at radius 3 is 2.55 bits per heavy atom. The summed E-state index contributed by atoms with van der Waals surface area (Å²) in [6.45, 7) is 3.67. The lowest BCUT2D eigenvalue weighted by atomic mass is 10.0. The molecular weight excluding hydrogens is 261 g/mol. The predicted octanol–water partition coefficient (Wildman–Crippen LogP) is 3.12. The molecule has 0 saturated heterocycles. The van der Waals surface area contributed by atoms with Gasteiger partial charge in [-0.05, 0) is 37.1 Å². The Balaban J connectivity index is 2.55. The molecule has 0 amide bonds. The van der Waals surface area contributed by atoms with Crippen LogP contribution in [0, 0.1) is 12.7 Å². The van der Waals surface area contributed by atoms with E-state index in [1.165, 1.54) is 12.1 Å². The van der Waals surface area contributed by atoms with Crippen molar-refractivity contribution in [3.05, 3.63) is 47.0 Å². The first-order valence-electron chi connectivity index (χ1n) is 6.19. The van der Waals surface area contributed by atoms with Crippen molar-refractivity contribution < 1.29 is 18.7 Å². The molecule has 5 heteroatoms. The van der Waals surface area contributed by atoms with Crippen LogP contribution in [0.5, 0.6) is 0 Å². The van der Waals surface area contributed by atoms with Gasteiger partial charge >= 0.3 is 5.97 Å². The van der Waals surface area contributed by atoms with E-state index in [9.17, 15) is 14.0 Å². The maximum Gasteiger partial charge on any atom is 0.355 e. The number of aromatic nitrogens is 1. The number of hydrogen-bond donors (Lipinski definition) is 1. The molecule has 0 aliphatic heterocycles. The monoisotopic (exact) mass is 275 g/mol. The Morgan fingerprint density at radius 1 is 1.35 bits per heavy atom. The zero-order valence-corrected chi connectivity index (χ0v) is 11.2. The van der Waals surface area contributed by atoms with Crippen LogP contribution in [-0.2, 0) is 4.74 Å². The van der Waals surface area contributed by atoms with Gasteiger partial charge in [-0.2, -0.15) is 0 Å². The Labute approximate surface area is 115 Å². The smallest absolute Gasteiger partial charge is 0.355 e. The second-order valence-electron chi connectivity index (χ2n) is 4.26. The average Bonchev–Trinajstić information content (AvgIpc) is 2.77. The number of esters is 1. The molecule has 104 valence electrons. The van der Waals surface area contributed by atoms with E-state index in [2.05, 4.69) is 4.98 Å². The normalized spacial score (nSPS) is 10.3. The molecule has 0 aliphatic carbocycles. The summed E-state index contributed by atoms with van der Waals surface area (Å²) < 4.78 is 17.9.